The van der Waals surface area contributed by atoms with Gasteiger partial charge in [-0.25, -0.2) is 4.98 Å². The van der Waals surface area contributed by atoms with E-state index in [1.807, 2.05) is 26.8 Å². The number of aliphatic carboxylic acids is 1. The van der Waals surface area contributed by atoms with Gasteiger partial charge in [-0.1, -0.05) is 0 Å². The number of hydrogen-bond acceptors (Lipinski definition) is 4. The molecule has 0 spiro atoms. The number of carbonyl (C=O) groups excluding carboxylic acids is 1. The summed E-state index contributed by atoms with van der Waals surface area (Å²) in [5.41, 5.74) is 0.796. The van der Waals surface area contributed by atoms with Crippen molar-refractivity contribution in [2.45, 2.75) is 39.2 Å². The second kappa shape index (κ2) is 6.17. The molecule has 1 amide bonds. The fourth-order valence-corrected chi connectivity index (χ4v) is 1.40. The van der Waals surface area contributed by atoms with E-state index in [1.165, 1.54) is 0 Å². The summed E-state index contributed by atoms with van der Waals surface area (Å²) in [6.07, 6.45) is 1.38. The molecule has 1 rings (SSSR count). The Balaban J connectivity index is 2.52. The molecule has 0 aliphatic rings. The maximum absolute atomic E-state index is 11.4. The standard InChI is InChI=1S/C13H19N3O3/c1-13(2,3)16-9-4-5-10(14-8-9)15-11(17)6-7-12(18)19/h4-5,8,16H,6-7H2,1-3H3,(H,18,19)(H,14,15,17). The predicted octanol–water partition coefficient (Wildman–Crippen LogP) is 2.10. The Kier molecular flexibility index (Phi) is 4.86. The number of pyridine rings is 1. The van der Waals surface area contributed by atoms with E-state index in [9.17, 15) is 9.59 Å². The molecule has 6 heteroatoms. The van der Waals surface area contributed by atoms with Crippen molar-refractivity contribution in [2.75, 3.05) is 10.6 Å². The molecular formula is C13H19N3O3. The number of aromatic nitrogens is 1. The maximum atomic E-state index is 11.4. The van der Waals surface area contributed by atoms with Crippen LogP contribution in [0.25, 0.3) is 0 Å². The highest BCUT2D eigenvalue weighted by Gasteiger charge is 2.10. The number of rotatable bonds is 5. The van der Waals surface area contributed by atoms with Crippen molar-refractivity contribution < 1.29 is 14.7 Å². The molecule has 6 nitrogen and oxygen atoms in total. The summed E-state index contributed by atoms with van der Waals surface area (Å²) in [4.78, 5) is 25.8. The average molecular weight is 265 g/mol. The van der Waals surface area contributed by atoms with Crippen LogP contribution in [0.1, 0.15) is 33.6 Å². The number of amides is 1. The van der Waals surface area contributed by atoms with Crippen LogP contribution >= 0.6 is 0 Å². The van der Waals surface area contributed by atoms with Crippen LogP contribution in [-0.4, -0.2) is 27.5 Å². The Morgan fingerprint density at radius 2 is 1.95 bits per heavy atom. The molecule has 0 bridgehead atoms. The van der Waals surface area contributed by atoms with Crippen molar-refractivity contribution in [1.29, 1.82) is 0 Å². The second-order valence-electron chi connectivity index (χ2n) is 5.25. The summed E-state index contributed by atoms with van der Waals surface area (Å²) in [5.74, 6) is -0.936. The van der Waals surface area contributed by atoms with Gasteiger partial charge in [-0.2, -0.15) is 0 Å². The van der Waals surface area contributed by atoms with Crippen LogP contribution in [0.3, 0.4) is 0 Å². The highest BCUT2D eigenvalue weighted by molar-refractivity contribution is 5.91. The molecule has 3 N–H and O–H groups in total. The Morgan fingerprint density at radius 1 is 1.26 bits per heavy atom. The van der Waals surface area contributed by atoms with Crippen LogP contribution in [0.15, 0.2) is 18.3 Å². The lowest BCUT2D eigenvalue weighted by atomic mass is 10.1. The lowest BCUT2D eigenvalue weighted by Gasteiger charge is -2.21. The van der Waals surface area contributed by atoms with Gasteiger partial charge in [-0.15, -0.1) is 0 Å². The van der Waals surface area contributed by atoms with Gasteiger partial charge in [0, 0.05) is 12.0 Å². The first-order valence-corrected chi connectivity index (χ1v) is 6.02. The number of anilines is 2. The van der Waals surface area contributed by atoms with E-state index >= 15 is 0 Å². The van der Waals surface area contributed by atoms with Crippen molar-refractivity contribution in [3.63, 3.8) is 0 Å². The van der Waals surface area contributed by atoms with Gasteiger partial charge in [0.2, 0.25) is 5.91 Å². The van der Waals surface area contributed by atoms with Crippen LogP contribution in [0, 0.1) is 0 Å². The fraction of sp³-hybridized carbons (Fsp3) is 0.462. The summed E-state index contributed by atoms with van der Waals surface area (Å²) in [7, 11) is 0. The molecule has 0 fully saturated rings. The first-order chi connectivity index (χ1) is 8.76. The first-order valence-electron chi connectivity index (χ1n) is 6.02. The molecule has 1 aromatic heterocycles. The minimum Gasteiger partial charge on any atom is -0.481 e. The van der Waals surface area contributed by atoms with E-state index in [2.05, 4.69) is 15.6 Å². The van der Waals surface area contributed by atoms with Crippen LogP contribution in [-0.2, 0) is 9.59 Å². The van der Waals surface area contributed by atoms with Gasteiger partial charge in [-0.3, -0.25) is 9.59 Å². The molecular weight excluding hydrogens is 246 g/mol. The van der Waals surface area contributed by atoms with E-state index in [-0.39, 0.29) is 24.3 Å². The minimum atomic E-state index is -0.993. The van der Waals surface area contributed by atoms with Crippen LogP contribution in [0.5, 0.6) is 0 Å². The molecule has 104 valence electrons. The van der Waals surface area contributed by atoms with Gasteiger partial charge < -0.3 is 15.7 Å². The fourth-order valence-electron chi connectivity index (χ4n) is 1.40. The van der Waals surface area contributed by atoms with Crippen molar-refractivity contribution in [2.24, 2.45) is 0 Å². The highest BCUT2D eigenvalue weighted by Crippen LogP contribution is 2.15. The second-order valence-corrected chi connectivity index (χ2v) is 5.25. The molecule has 0 saturated carbocycles. The molecule has 0 aliphatic heterocycles. The number of hydrogen-bond donors (Lipinski definition) is 3. The van der Waals surface area contributed by atoms with Crippen molar-refractivity contribution >= 4 is 23.4 Å². The normalized spacial score (nSPS) is 10.9. The van der Waals surface area contributed by atoms with Gasteiger partial charge in [0.15, 0.2) is 0 Å². The lowest BCUT2D eigenvalue weighted by molar-refractivity contribution is -0.138. The van der Waals surface area contributed by atoms with Crippen LogP contribution in [0.4, 0.5) is 11.5 Å². The monoisotopic (exact) mass is 265 g/mol. The zero-order valence-corrected chi connectivity index (χ0v) is 11.4. The number of nitrogens with one attached hydrogen (secondary N) is 2. The third-order valence-corrected chi connectivity index (χ3v) is 2.12. The van der Waals surface area contributed by atoms with Crippen LogP contribution in [0.2, 0.25) is 0 Å². The molecule has 19 heavy (non-hydrogen) atoms. The van der Waals surface area contributed by atoms with Gasteiger partial charge in [-0.05, 0) is 32.9 Å². The summed E-state index contributed by atoms with van der Waals surface area (Å²) in [6, 6.07) is 3.48. The number of carboxylic acids is 1. The summed E-state index contributed by atoms with van der Waals surface area (Å²) < 4.78 is 0. The molecule has 0 aromatic carbocycles. The summed E-state index contributed by atoms with van der Waals surface area (Å²) in [5, 5.41) is 14.3. The van der Waals surface area contributed by atoms with Crippen molar-refractivity contribution in [3.05, 3.63) is 18.3 Å². The van der Waals surface area contributed by atoms with Crippen LogP contribution < -0.4 is 10.6 Å². The minimum absolute atomic E-state index is 0.0565. The Morgan fingerprint density at radius 3 is 2.42 bits per heavy atom. The largest absolute Gasteiger partial charge is 0.481 e. The van der Waals surface area contributed by atoms with Gasteiger partial charge in [0.25, 0.3) is 0 Å². The topological polar surface area (TPSA) is 91.3 Å². The van der Waals surface area contributed by atoms with Crippen molar-refractivity contribution in [1.82, 2.24) is 4.98 Å². The van der Waals surface area contributed by atoms with E-state index in [0.717, 1.165) is 5.69 Å². The molecule has 1 heterocycles. The highest BCUT2D eigenvalue weighted by atomic mass is 16.4. The zero-order chi connectivity index (χ0) is 14.5. The number of carbonyl (C=O) groups is 2. The molecule has 0 saturated heterocycles. The first kappa shape index (κ1) is 14.9. The summed E-state index contributed by atoms with van der Waals surface area (Å²) in [6.45, 7) is 6.11. The third-order valence-electron chi connectivity index (χ3n) is 2.12. The molecule has 0 aliphatic carbocycles. The lowest BCUT2D eigenvalue weighted by Crippen LogP contribution is -2.26. The number of carboxylic acid groups (broad SMARTS) is 1. The van der Waals surface area contributed by atoms with E-state index in [1.54, 1.807) is 12.3 Å². The third kappa shape index (κ3) is 6.40. The Hall–Kier alpha value is -2.11. The predicted molar refractivity (Wildman–Crippen MR) is 73.1 cm³/mol. The van der Waals surface area contributed by atoms with E-state index < -0.39 is 5.97 Å². The molecule has 1 aromatic rings. The molecule has 0 atom stereocenters. The molecule has 0 unspecified atom stereocenters. The average Bonchev–Trinajstić information content (AvgIpc) is 2.27. The van der Waals surface area contributed by atoms with Gasteiger partial charge >= 0.3 is 5.97 Å². The SMILES string of the molecule is CC(C)(C)Nc1ccc(NC(=O)CCC(=O)O)nc1. The summed E-state index contributed by atoms with van der Waals surface area (Å²) >= 11 is 0. The van der Waals surface area contributed by atoms with E-state index in [0.29, 0.717) is 5.82 Å². The maximum Gasteiger partial charge on any atom is 0.303 e. The van der Waals surface area contributed by atoms with Crippen molar-refractivity contribution in [3.8, 4) is 0 Å². The quantitative estimate of drug-likeness (QED) is 0.758. The van der Waals surface area contributed by atoms with E-state index in [4.69, 9.17) is 5.11 Å². The van der Waals surface area contributed by atoms with Gasteiger partial charge in [0.05, 0.1) is 18.3 Å². The van der Waals surface area contributed by atoms with Gasteiger partial charge in [0.1, 0.15) is 5.82 Å². The number of nitrogens with zero attached hydrogens (tertiary/aromatic N) is 1. The Bertz CT molecular complexity index is 449. The smallest absolute Gasteiger partial charge is 0.303 e. The Labute approximate surface area is 112 Å². The molecule has 0 radical (unpaired) electrons. The zero-order valence-electron chi connectivity index (χ0n) is 11.4.